The Morgan fingerprint density at radius 2 is 2.19 bits per heavy atom. The molecule has 0 radical (unpaired) electrons. The molecule has 1 aromatic carbocycles. The molecule has 3 N–H and O–H groups in total. The van der Waals surface area contributed by atoms with Crippen molar-refractivity contribution in [3.05, 3.63) is 29.3 Å². The Kier molecular flexibility index (Phi) is 4.83. The van der Waals surface area contributed by atoms with E-state index in [-0.39, 0.29) is 11.8 Å². The Labute approximate surface area is 124 Å². The van der Waals surface area contributed by atoms with Gasteiger partial charge in [-0.2, -0.15) is 0 Å². The summed E-state index contributed by atoms with van der Waals surface area (Å²) in [6.45, 7) is 4.66. The fourth-order valence-electron chi connectivity index (χ4n) is 2.62. The standard InChI is InChI=1S/C16H22N2O3/c1-3-10(2)14(16(20)21)18-15(19)12-6-4-8-13-11(12)7-5-9-17-13/h4,6,8,10,14,17H,3,5,7,9H2,1-2H3,(H,18,19)(H,20,21)/t10?,14-/m0/s1. The highest BCUT2D eigenvalue weighted by Crippen LogP contribution is 2.25. The van der Waals surface area contributed by atoms with E-state index in [1.165, 1.54) is 0 Å². The molecule has 1 heterocycles. The number of hydrogen-bond acceptors (Lipinski definition) is 3. The zero-order valence-corrected chi connectivity index (χ0v) is 12.5. The van der Waals surface area contributed by atoms with Crippen LogP contribution in [0.5, 0.6) is 0 Å². The molecular formula is C16H22N2O3. The predicted octanol–water partition coefficient (Wildman–Crippen LogP) is 2.27. The van der Waals surface area contributed by atoms with Crippen LogP contribution in [0.15, 0.2) is 18.2 Å². The largest absolute Gasteiger partial charge is 0.480 e. The van der Waals surface area contributed by atoms with Crippen molar-refractivity contribution in [1.82, 2.24) is 5.32 Å². The lowest BCUT2D eigenvalue weighted by Gasteiger charge is -2.23. The third-order valence-corrected chi connectivity index (χ3v) is 4.11. The number of carbonyl (C=O) groups excluding carboxylic acids is 1. The second kappa shape index (κ2) is 6.61. The summed E-state index contributed by atoms with van der Waals surface area (Å²) in [5.41, 5.74) is 2.54. The summed E-state index contributed by atoms with van der Waals surface area (Å²) in [5.74, 6) is -1.40. The van der Waals surface area contributed by atoms with E-state index in [2.05, 4.69) is 10.6 Å². The van der Waals surface area contributed by atoms with Crippen molar-refractivity contribution in [2.45, 2.75) is 39.2 Å². The number of benzene rings is 1. The first-order valence-electron chi connectivity index (χ1n) is 7.44. The molecule has 0 aliphatic carbocycles. The molecule has 0 saturated heterocycles. The monoisotopic (exact) mass is 290 g/mol. The molecule has 114 valence electrons. The van der Waals surface area contributed by atoms with Crippen molar-refractivity contribution in [2.24, 2.45) is 5.92 Å². The van der Waals surface area contributed by atoms with Crippen LogP contribution in [0.4, 0.5) is 5.69 Å². The number of anilines is 1. The molecule has 0 saturated carbocycles. The number of fused-ring (bicyclic) bond motifs is 1. The number of carboxylic acids is 1. The molecule has 1 unspecified atom stereocenters. The van der Waals surface area contributed by atoms with E-state index >= 15 is 0 Å². The molecule has 1 aliphatic heterocycles. The maximum absolute atomic E-state index is 12.4. The smallest absolute Gasteiger partial charge is 0.326 e. The highest BCUT2D eigenvalue weighted by molar-refractivity contribution is 5.99. The maximum atomic E-state index is 12.4. The molecule has 0 bridgehead atoms. The summed E-state index contributed by atoms with van der Waals surface area (Å²) < 4.78 is 0. The second-order valence-corrected chi connectivity index (χ2v) is 5.54. The highest BCUT2D eigenvalue weighted by Gasteiger charge is 2.27. The average Bonchev–Trinajstić information content (AvgIpc) is 2.50. The Morgan fingerprint density at radius 3 is 2.86 bits per heavy atom. The molecule has 0 aromatic heterocycles. The van der Waals surface area contributed by atoms with Crippen LogP contribution in [0.2, 0.25) is 0 Å². The number of amides is 1. The Hall–Kier alpha value is -2.04. The third kappa shape index (κ3) is 3.35. The molecule has 21 heavy (non-hydrogen) atoms. The molecular weight excluding hydrogens is 268 g/mol. The number of hydrogen-bond donors (Lipinski definition) is 3. The zero-order valence-electron chi connectivity index (χ0n) is 12.5. The summed E-state index contributed by atoms with van der Waals surface area (Å²) in [7, 11) is 0. The van der Waals surface area contributed by atoms with Crippen molar-refractivity contribution in [3.63, 3.8) is 0 Å². The van der Waals surface area contributed by atoms with Crippen molar-refractivity contribution in [3.8, 4) is 0 Å². The summed E-state index contributed by atoms with van der Waals surface area (Å²) in [6, 6.07) is 4.69. The minimum Gasteiger partial charge on any atom is -0.480 e. The molecule has 1 aliphatic rings. The molecule has 2 atom stereocenters. The summed E-state index contributed by atoms with van der Waals surface area (Å²) in [5, 5.41) is 15.2. The first-order valence-corrected chi connectivity index (χ1v) is 7.44. The Morgan fingerprint density at radius 1 is 1.43 bits per heavy atom. The third-order valence-electron chi connectivity index (χ3n) is 4.11. The summed E-state index contributed by atoms with van der Waals surface area (Å²) in [6.07, 6.45) is 2.52. The lowest BCUT2D eigenvalue weighted by atomic mass is 9.95. The summed E-state index contributed by atoms with van der Waals surface area (Å²) in [4.78, 5) is 23.8. The average molecular weight is 290 g/mol. The molecule has 0 spiro atoms. The normalized spacial score (nSPS) is 16.3. The highest BCUT2D eigenvalue weighted by atomic mass is 16.4. The van der Waals surface area contributed by atoms with Gasteiger partial charge >= 0.3 is 5.97 Å². The van der Waals surface area contributed by atoms with Crippen LogP contribution in [0.1, 0.15) is 42.6 Å². The van der Waals surface area contributed by atoms with Gasteiger partial charge in [-0.3, -0.25) is 4.79 Å². The van der Waals surface area contributed by atoms with E-state index in [4.69, 9.17) is 0 Å². The van der Waals surface area contributed by atoms with Crippen LogP contribution in [0.3, 0.4) is 0 Å². The van der Waals surface area contributed by atoms with E-state index in [1.807, 2.05) is 26.0 Å². The molecule has 1 aromatic rings. The van der Waals surface area contributed by atoms with Crippen molar-refractivity contribution < 1.29 is 14.7 Å². The van der Waals surface area contributed by atoms with Crippen molar-refractivity contribution in [2.75, 3.05) is 11.9 Å². The van der Waals surface area contributed by atoms with Gasteiger partial charge in [0.2, 0.25) is 0 Å². The predicted molar refractivity (Wildman–Crippen MR) is 81.6 cm³/mol. The van der Waals surface area contributed by atoms with Crippen molar-refractivity contribution >= 4 is 17.6 Å². The van der Waals surface area contributed by atoms with E-state index in [9.17, 15) is 14.7 Å². The summed E-state index contributed by atoms with van der Waals surface area (Å²) >= 11 is 0. The Balaban J connectivity index is 2.22. The van der Waals surface area contributed by atoms with Crippen LogP contribution in [-0.4, -0.2) is 29.6 Å². The van der Waals surface area contributed by atoms with Crippen LogP contribution in [0, 0.1) is 5.92 Å². The van der Waals surface area contributed by atoms with Gasteiger partial charge in [-0.25, -0.2) is 4.79 Å². The zero-order chi connectivity index (χ0) is 15.4. The van der Waals surface area contributed by atoms with Gasteiger partial charge in [-0.1, -0.05) is 26.3 Å². The first-order chi connectivity index (χ1) is 10.0. The molecule has 5 heteroatoms. The SMILES string of the molecule is CCC(C)[C@H](NC(=O)c1cccc2c1CCCN2)C(=O)O. The van der Waals surface area contributed by atoms with E-state index < -0.39 is 12.0 Å². The molecule has 0 fully saturated rings. The lowest BCUT2D eigenvalue weighted by Crippen LogP contribution is -2.45. The molecule has 1 amide bonds. The molecule has 2 rings (SSSR count). The fourth-order valence-corrected chi connectivity index (χ4v) is 2.62. The minimum atomic E-state index is -0.986. The van der Waals surface area contributed by atoms with Gasteiger partial charge in [0, 0.05) is 17.8 Å². The van der Waals surface area contributed by atoms with E-state index in [0.717, 1.165) is 30.6 Å². The number of carbonyl (C=O) groups is 2. The quantitative estimate of drug-likeness (QED) is 0.777. The van der Waals surface area contributed by atoms with Gasteiger partial charge in [-0.15, -0.1) is 0 Å². The van der Waals surface area contributed by atoms with Crippen LogP contribution < -0.4 is 10.6 Å². The topological polar surface area (TPSA) is 78.4 Å². The van der Waals surface area contributed by atoms with Crippen LogP contribution in [-0.2, 0) is 11.2 Å². The number of carboxylic acid groups (broad SMARTS) is 1. The first kappa shape index (κ1) is 15.4. The van der Waals surface area contributed by atoms with Gasteiger partial charge in [0.15, 0.2) is 0 Å². The molecule has 5 nitrogen and oxygen atoms in total. The number of aliphatic carboxylic acids is 1. The van der Waals surface area contributed by atoms with Crippen molar-refractivity contribution in [1.29, 1.82) is 0 Å². The van der Waals surface area contributed by atoms with Gasteiger partial charge in [0.05, 0.1) is 0 Å². The van der Waals surface area contributed by atoms with E-state index in [0.29, 0.717) is 12.0 Å². The van der Waals surface area contributed by atoms with Gasteiger partial charge in [0.1, 0.15) is 6.04 Å². The van der Waals surface area contributed by atoms with Crippen LogP contribution in [0.25, 0.3) is 0 Å². The van der Waals surface area contributed by atoms with Gasteiger partial charge < -0.3 is 15.7 Å². The second-order valence-electron chi connectivity index (χ2n) is 5.54. The minimum absolute atomic E-state index is 0.107. The van der Waals surface area contributed by atoms with Gasteiger partial charge in [0.25, 0.3) is 5.91 Å². The Bertz CT molecular complexity index is 542. The fraction of sp³-hybridized carbons (Fsp3) is 0.500. The van der Waals surface area contributed by atoms with Crippen LogP contribution >= 0.6 is 0 Å². The van der Waals surface area contributed by atoms with Gasteiger partial charge in [-0.05, 0) is 36.5 Å². The number of rotatable bonds is 5. The van der Waals surface area contributed by atoms with E-state index in [1.54, 1.807) is 6.07 Å². The lowest BCUT2D eigenvalue weighted by molar-refractivity contribution is -0.140. The maximum Gasteiger partial charge on any atom is 0.326 e. The number of nitrogens with one attached hydrogen (secondary N) is 2.